The van der Waals surface area contributed by atoms with E-state index in [9.17, 15) is 9.90 Å². The molecule has 3 N–H and O–H groups in total. The van der Waals surface area contributed by atoms with E-state index in [0.717, 1.165) is 45.2 Å². The minimum atomic E-state index is -0.156. The number of nitrogens with one attached hydrogen (secondary N) is 2. The summed E-state index contributed by atoms with van der Waals surface area (Å²) >= 11 is 1.68. The van der Waals surface area contributed by atoms with Crippen molar-refractivity contribution in [2.75, 3.05) is 13.1 Å². The van der Waals surface area contributed by atoms with Gasteiger partial charge in [0.05, 0.1) is 6.10 Å². The second-order valence-electron chi connectivity index (χ2n) is 6.70. The van der Waals surface area contributed by atoms with Crippen LogP contribution in [0.3, 0.4) is 0 Å². The molecule has 6 heteroatoms. The molecular weight excluding hydrogens is 332 g/mol. The van der Waals surface area contributed by atoms with Crippen LogP contribution in [0, 0.1) is 11.8 Å². The van der Waals surface area contributed by atoms with Gasteiger partial charge in [0.2, 0.25) is 5.91 Å². The van der Waals surface area contributed by atoms with Gasteiger partial charge in [0.15, 0.2) is 0 Å². The zero-order chi connectivity index (χ0) is 15.4. The molecule has 0 spiro atoms. The molecular formula is C17H27ClN2O2S. The summed E-state index contributed by atoms with van der Waals surface area (Å²) in [6, 6.07) is 2.34. The van der Waals surface area contributed by atoms with Crippen LogP contribution in [0.1, 0.15) is 37.7 Å². The van der Waals surface area contributed by atoms with Gasteiger partial charge in [0.25, 0.3) is 0 Å². The van der Waals surface area contributed by atoms with E-state index in [4.69, 9.17) is 0 Å². The van der Waals surface area contributed by atoms with Crippen LogP contribution in [-0.2, 0) is 11.2 Å². The van der Waals surface area contributed by atoms with Crippen molar-refractivity contribution < 1.29 is 9.90 Å². The maximum absolute atomic E-state index is 12.3. The predicted octanol–water partition coefficient (Wildman–Crippen LogP) is 2.36. The molecule has 1 atom stereocenters. The molecule has 2 fully saturated rings. The highest BCUT2D eigenvalue weighted by Gasteiger charge is 2.38. The molecule has 1 aromatic heterocycles. The van der Waals surface area contributed by atoms with Crippen molar-refractivity contribution in [3.05, 3.63) is 22.4 Å². The normalized spacial score (nSPS) is 26.0. The molecule has 1 aliphatic heterocycles. The van der Waals surface area contributed by atoms with Crippen LogP contribution in [0.2, 0.25) is 0 Å². The van der Waals surface area contributed by atoms with E-state index >= 15 is 0 Å². The van der Waals surface area contributed by atoms with Gasteiger partial charge in [-0.05, 0) is 79.4 Å². The molecule has 0 aromatic carbocycles. The number of hydrogen-bond acceptors (Lipinski definition) is 4. The summed E-state index contributed by atoms with van der Waals surface area (Å²) < 4.78 is 0. The van der Waals surface area contributed by atoms with Gasteiger partial charge in [-0.15, -0.1) is 12.4 Å². The number of rotatable bonds is 6. The number of amides is 1. The molecule has 0 radical (unpaired) electrons. The summed E-state index contributed by atoms with van der Waals surface area (Å²) in [5, 5.41) is 20.5. The fourth-order valence-corrected chi connectivity index (χ4v) is 4.40. The fraction of sp³-hybridized carbons (Fsp3) is 0.706. The molecule has 1 aliphatic carbocycles. The topological polar surface area (TPSA) is 61.4 Å². The number of piperidine rings is 1. The lowest BCUT2D eigenvalue weighted by Gasteiger charge is -2.43. The van der Waals surface area contributed by atoms with Gasteiger partial charge in [-0.1, -0.05) is 0 Å². The average molecular weight is 359 g/mol. The lowest BCUT2D eigenvalue weighted by molar-refractivity contribution is -0.123. The van der Waals surface area contributed by atoms with Crippen LogP contribution in [0.4, 0.5) is 0 Å². The van der Waals surface area contributed by atoms with Crippen molar-refractivity contribution in [2.45, 2.75) is 50.7 Å². The van der Waals surface area contributed by atoms with Crippen LogP contribution in [0.15, 0.2) is 16.8 Å². The predicted molar refractivity (Wildman–Crippen MR) is 96.1 cm³/mol. The van der Waals surface area contributed by atoms with Gasteiger partial charge in [-0.3, -0.25) is 4.79 Å². The van der Waals surface area contributed by atoms with Crippen molar-refractivity contribution in [3.63, 3.8) is 0 Å². The second-order valence-corrected chi connectivity index (χ2v) is 7.48. The number of halogens is 1. The Morgan fingerprint density at radius 2 is 2.09 bits per heavy atom. The van der Waals surface area contributed by atoms with E-state index in [-0.39, 0.29) is 30.5 Å². The second kappa shape index (κ2) is 9.02. The molecule has 1 unspecified atom stereocenters. The number of carbonyl (C=O) groups is 1. The number of aliphatic hydroxyl groups is 1. The van der Waals surface area contributed by atoms with Gasteiger partial charge < -0.3 is 15.7 Å². The summed E-state index contributed by atoms with van der Waals surface area (Å²) in [5.74, 6) is 1.18. The SMILES string of the molecule is Cl.O=C(CCc1ccsc1)NC(C1CCNCC1)C1CC(O)C1. The van der Waals surface area contributed by atoms with Crippen molar-refractivity contribution in [1.29, 1.82) is 0 Å². The third kappa shape index (κ3) is 5.18. The van der Waals surface area contributed by atoms with Gasteiger partial charge in [0.1, 0.15) is 0 Å². The quantitative estimate of drug-likeness (QED) is 0.731. The van der Waals surface area contributed by atoms with E-state index in [2.05, 4.69) is 27.5 Å². The van der Waals surface area contributed by atoms with Gasteiger partial charge >= 0.3 is 0 Å². The number of aryl methyl sites for hydroxylation is 1. The maximum Gasteiger partial charge on any atom is 0.220 e. The molecule has 1 amide bonds. The van der Waals surface area contributed by atoms with Crippen LogP contribution >= 0.6 is 23.7 Å². The van der Waals surface area contributed by atoms with Crippen molar-refractivity contribution >= 4 is 29.7 Å². The van der Waals surface area contributed by atoms with Crippen LogP contribution < -0.4 is 10.6 Å². The summed E-state index contributed by atoms with van der Waals surface area (Å²) in [7, 11) is 0. The molecule has 1 saturated carbocycles. The van der Waals surface area contributed by atoms with E-state index in [1.807, 2.05) is 0 Å². The van der Waals surface area contributed by atoms with E-state index in [1.165, 1.54) is 5.56 Å². The lowest BCUT2D eigenvalue weighted by Crippen LogP contribution is -2.52. The van der Waals surface area contributed by atoms with Crippen LogP contribution in [-0.4, -0.2) is 36.2 Å². The van der Waals surface area contributed by atoms with Crippen molar-refractivity contribution in [3.8, 4) is 0 Å². The van der Waals surface area contributed by atoms with Gasteiger partial charge in [-0.2, -0.15) is 11.3 Å². The number of thiophene rings is 1. The highest BCUT2D eigenvalue weighted by atomic mass is 35.5. The number of aliphatic hydroxyl groups excluding tert-OH is 1. The smallest absolute Gasteiger partial charge is 0.220 e. The molecule has 1 saturated heterocycles. The molecule has 23 heavy (non-hydrogen) atoms. The fourth-order valence-electron chi connectivity index (χ4n) is 3.70. The first-order valence-electron chi connectivity index (χ1n) is 8.41. The molecule has 3 rings (SSSR count). The zero-order valence-electron chi connectivity index (χ0n) is 13.4. The first kappa shape index (κ1) is 18.7. The standard InChI is InChI=1S/C17H26N2O2S.ClH/c20-15-9-14(10-15)17(13-3-6-18-7-4-13)19-16(21)2-1-12-5-8-22-11-12;/h5,8,11,13-15,17-18,20H,1-4,6-7,9-10H2,(H,19,21);1H. The minimum Gasteiger partial charge on any atom is -0.393 e. The van der Waals surface area contributed by atoms with E-state index in [1.54, 1.807) is 11.3 Å². The summed E-state index contributed by atoms with van der Waals surface area (Å²) in [4.78, 5) is 12.3. The Labute approximate surface area is 148 Å². The Kier molecular flexibility index (Phi) is 7.34. The first-order chi connectivity index (χ1) is 10.7. The summed E-state index contributed by atoms with van der Waals surface area (Å²) in [6.07, 6.45) is 5.18. The Morgan fingerprint density at radius 1 is 1.35 bits per heavy atom. The molecule has 2 heterocycles. The van der Waals surface area contributed by atoms with E-state index in [0.29, 0.717) is 18.3 Å². The molecule has 4 nitrogen and oxygen atoms in total. The Bertz CT molecular complexity index is 471. The summed E-state index contributed by atoms with van der Waals surface area (Å²) in [6.45, 7) is 2.09. The van der Waals surface area contributed by atoms with E-state index < -0.39 is 0 Å². The Morgan fingerprint density at radius 3 is 2.70 bits per heavy atom. The average Bonchev–Trinajstić information content (AvgIpc) is 3.02. The number of carbonyl (C=O) groups excluding carboxylic acids is 1. The first-order valence-corrected chi connectivity index (χ1v) is 9.36. The lowest BCUT2D eigenvalue weighted by atomic mass is 9.71. The molecule has 1 aromatic rings. The Balaban J connectivity index is 0.00000192. The minimum absolute atomic E-state index is 0. The van der Waals surface area contributed by atoms with Crippen molar-refractivity contribution in [2.24, 2.45) is 11.8 Å². The maximum atomic E-state index is 12.3. The van der Waals surface area contributed by atoms with Crippen LogP contribution in [0.5, 0.6) is 0 Å². The molecule has 2 aliphatic rings. The molecule has 130 valence electrons. The van der Waals surface area contributed by atoms with Gasteiger partial charge in [0, 0.05) is 12.5 Å². The number of hydrogen-bond donors (Lipinski definition) is 3. The largest absolute Gasteiger partial charge is 0.393 e. The molecule has 0 bridgehead atoms. The summed E-state index contributed by atoms with van der Waals surface area (Å²) in [5.41, 5.74) is 1.25. The zero-order valence-corrected chi connectivity index (χ0v) is 15.0. The van der Waals surface area contributed by atoms with Crippen molar-refractivity contribution in [1.82, 2.24) is 10.6 Å². The highest BCUT2D eigenvalue weighted by Crippen LogP contribution is 2.35. The monoisotopic (exact) mass is 358 g/mol. The third-order valence-corrected chi connectivity index (χ3v) is 5.83. The van der Waals surface area contributed by atoms with Crippen LogP contribution in [0.25, 0.3) is 0 Å². The Hall–Kier alpha value is -0.620. The third-order valence-electron chi connectivity index (χ3n) is 5.10. The van der Waals surface area contributed by atoms with Gasteiger partial charge in [-0.25, -0.2) is 0 Å². The highest BCUT2D eigenvalue weighted by molar-refractivity contribution is 7.07.